The Bertz CT molecular complexity index is 1130. The molecule has 1 fully saturated rings. The normalized spacial score (nSPS) is 17.4. The van der Waals surface area contributed by atoms with Gasteiger partial charge in [-0.25, -0.2) is 9.18 Å². The van der Waals surface area contributed by atoms with Crippen LogP contribution in [0, 0.1) is 5.82 Å². The van der Waals surface area contributed by atoms with Gasteiger partial charge in [0.2, 0.25) is 0 Å². The van der Waals surface area contributed by atoms with E-state index in [1.54, 1.807) is 37.3 Å². The van der Waals surface area contributed by atoms with Crippen molar-refractivity contribution < 1.29 is 28.2 Å². The van der Waals surface area contributed by atoms with E-state index in [9.17, 15) is 18.8 Å². The minimum Gasteiger partial charge on any atom is -0.483 e. The lowest BCUT2D eigenvalue weighted by atomic mass is 10.1. The number of halogens is 2. The molecule has 1 aliphatic heterocycles. The van der Waals surface area contributed by atoms with Gasteiger partial charge in [-0.15, -0.1) is 0 Å². The molecule has 1 heterocycles. The fraction of sp³-hybridized carbons (Fsp3) is 0.464. The Balaban J connectivity index is 1.50. The third-order valence-electron chi connectivity index (χ3n) is 6.47. The van der Waals surface area contributed by atoms with Crippen LogP contribution in [0.15, 0.2) is 42.5 Å². The largest absolute Gasteiger partial charge is 0.483 e. The number of benzene rings is 2. The van der Waals surface area contributed by atoms with Crippen molar-refractivity contribution in [2.45, 2.75) is 52.4 Å². The summed E-state index contributed by atoms with van der Waals surface area (Å²) >= 11 is 6.15. The lowest BCUT2D eigenvalue weighted by molar-refractivity contribution is -0.143. The first-order valence-electron chi connectivity index (χ1n) is 13.0. The quantitative estimate of drug-likeness (QED) is 0.405. The molecule has 2 atom stereocenters. The molecular formula is C28H36ClFN4O5. The van der Waals surface area contributed by atoms with Crippen LogP contribution in [0.3, 0.4) is 0 Å². The molecule has 39 heavy (non-hydrogen) atoms. The Morgan fingerprint density at radius 1 is 1.05 bits per heavy atom. The van der Waals surface area contributed by atoms with Crippen LogP contribution in [0.4, 0.5) is 9.18 Å². The zero-order valence-corrected chi connectivity index (χ0v) is 23.3. The lowest BCUT2D eigenvalue weighted by Gasteiger charge is -2.44. The van der Waals surface area contributed by atoms with Crippen LogP contribution in [0.5, 0.6) is 5.75 Å². The summed E-state index contributed by atoms with van der Waals surface area (Å²) in [6.07, 6.45) is 0.0758. The molecule has 2 aromatic rings. The van der Waals surface area contributed by atoms with Crippen LogP contribution in [0.2, 0.25) is 5.02 Å². The number of hydrogen-bond acceptors (Lipinski definition) is 6. The summed E-state index contributed by atoms with van der Waals surface area (Å²) in [5.41, 5.74) is 1.64. The van der Waals surface area contributed by atoms with Crippen LogP contribution in [-0.4, -0.2) is 72.6 Å². The van der Waals surface area contributed by atoms with Gasteiger partial charge in [0.25, 0.3) is 5.91 Å². The van der Waals surface area contributed by atoms with Gasteiger partial charge in [0.15, 0.2) is 6.61 Å². The Kier molecular flexibility index (Phi) is 11.4. The molecule has 1 saturated heterocycles. The van der Waals surface area contributed by atoms with Gasteiger partial charge in [-0.3, -0.25) is 14.5 Å². The van der Waals surface area contributed by atoms with Gasteiger partial charge >= 0.3 is 12.0 Å². The maximum Gasteiger partial charge on any atom is 0.315 e. The number of carbonyl (C=O) groups excluding carboxylic acids is 3. The topological polar surface area (TPSA) is 100 Å². The van der Waals surface area contributed by atoms with E-state index in [0.29, 0.717) is 36.0 Å². The second-order valence-electron chi connectivity index (χ2n) is 9.51. The number of amides is 3. The number of rotatable bonds is 11. The van der Waals surface area contributed by atoms with Crippen LogP contribution in [0.1, 0.15) is 38.3 Å². The van der Waals surface area contributed by atoms with E-state index in [4.69, 9.17) is 21.1 Å². The van der Waals surface area contributed by atoms with Crippen LogP contribution in [-0.2, 0) is 27.4 Å². The van der Waals surface area contributed by atoms with Gasteiger partial charge in [0.05, 0.1) is 13.0 Å². The van der Waals surface area contributed by atoms with Gasteiger partial charge in [-0.1, -0.05) is 23.7 Å². The Morgan fingerprint density at radius 3 is 2.51 bits per heavy atom. The van der Waals surface area contributed by atoms with Crippen molar-refractivity contribution in [1.29, 1.82) is 0 Å². The fourth-order valence-electron chi connectivity index (χ4n) is 4.39. The molecule has 0 saturated carbocycles. The molecule has 2 aromatic carbocycles. The highest BCUT2D eigenvalue weighted by Gasteiger charge is 2.32. The van der Waals surface area contributed by atoms with E-state index in [0.717, 1.165) is 5.56 Å². The number of hydrogen-bond donors (Lipinski definition) is 2. The third kappa shape index (κ3) is 9.40. The highest BCUT2D eigenvalue weighted by atomic mass is 35.5. The third-order valence-corrected chi connectivity index (χ3v) is 6.70. The Labute approximate surface area is 233 Å². The number of nitrogens with one attached hydrogen (secondary N) is 2. The summed E-state index contributed by atoms with van der Waals surface area (Å²) in [5.74, 6) is -0.341. The molecule has 0 unspecified atom stereocenters. The zero-order chi connectivity index (χ0) is 28.4. The monoisotopic (exact) mass is 562 g/mol. The van der Waals surface area contributed by atoms with E-state index < -0.39 is 6.03 Å². The van der Waals surface area contributed by atoms with E-state index in [1.807, 2.05) is 11.8 Å². The molecule has 9 nitrogen and oxygen atoms in total. The molecule has 0 bridgehead atoms. The van der Waals surface area contributed by atoms with Crippen LogP contribution in [0.25, 0.3) is 0 Å². The predicted molar refractivity (Wildman–Crippen MR) is 146 cm³/mol. The highest BCUT2D eigenvalue weighted by molar-refractivity contribution is 6.30. The summed E-state index contributed by atoms with van der Waals surface area (Å²) in [4.78, 5) is 40.7. The maximum absolute atomic E-state index is 13.2. The van der Waals surface area contributed by atoms with Gasteiger partial charge in [0, 0.05) is 55.4 Å². The van der Waals surface area contributed by atoms with E-state index in [1.165, 1.54) is 12.1 Å². The van der Waals surface area contributed by atoms with Crippen molar-refractivity contribution in [3.05, 3.63) is 64.4 Å². The minimum atomic E-state index is -0.456. The number of urea groups is 1. The molecule has 0 aromatic heterocycles. The molecule has 3 rings (SSSR count). The van der Waals surface area contributed by atoms with Crippen LogP contribution < -0.4 is 15.4 Å². The van der Waals surface area contributed by atoms with Crippen LogP contribution >= 0.6 is 11.6 Å². The molecule has 0 spiro atoms. The maximum atomic E-state index is 13.2. The van der Waals surface area contributed by atoms with E-state index in [2.05, 4.69) is 22.5 Å². The average Bonchev–Trinajstić information content (AvgIpc) is 2.90. The van der Waals surface area contributed by atoms with Gasteiger partial charge in [-0.2, -0.15) is 0 Å². The van der Waals surface area contributed by atoms with Crippen molar-refractivity contribution in [3.8, 4) is 5.75 Å². The number of carbonyl (C=O) groups is 3. The number of nitrogens with zero attached hydrogens (tertiary/aromatic N) is 2. The molecule has 0 aliphatic carbocycles. The highest BCUT2D eigenvalue weighted by Crippen LogP contribution is 2.24. The summed E-state index contributed by atoms with van der Waals surface area (Å²) in [6, 6.07) is 11.1. The van der Waals surface area contributed by atoms with Crippen molar-refractivity contribution in [1.82, 2.24) is 20.4 Å². The molecule has 3 amide bonds. The second kappa shape index (κ2) is 14.7. The van der Waals surface area contributed by atoms with Gasteiger partial charge in [-0.05, 0) is 56.7 Å². The molecule has 1 aliphatic rings. The fourth-order valence-corrected chi connectivity index (χ4v) is 4.58. The summed E-state index contributed by atoms with van der Waals surface area (Å²) in [6.45, 7) is 8.09. The SMILES string of the molecule is CCOC(=O)CCNC(=O)NCc1cc(Cl)ccc1OCC(=O)N1C[C@H](C)N(Cc2ccc(F)cc2)C[C@H]1C. The first-order chi connectivity index (χ1) is 18.7. The minimum absolute atomic E-state index is 0.0255. The molecule has 2 N–H and O–H groups in total. The summed E-state index contributed by atoms with van der Waals surface area (Å²) < 4.78 is 23.9. The van der Waals surface area contributed by atoms with E-state index >= 15 is 0 Å². The van der Waals surface area contributed by atoms with Crippen molar-refractivity contribution in [3.63, 3.8) is 0 Å². The van der Waals surface area contributed by atoms with Crippen molar-refractivity contribution >= 4 is 29.5 Å². The van der Waals surface area contributed by atoms with Gasteiger partial charge in [0.1, 0.15) is 11.6 Å². The van der Waals surface area contributed by atoms with E-state index in [-0.39, 0.29) is 62.5 Å². The van der Waals surface area contributed by atoms with Crippen molar-refractivity contribution in [2.75, 3.05) is 32.8 Å². The van der Waals surface area contributed by atoms with Gasteiger partial charge < -0.3 is 25.0 Å². The Hall–Kier alpha value is -3.37. The van der Waals surface area contributed by atoms with Crippen molar-refractivity contribution in [2.24, 2.45) is 0 Å². The standard InChI is InChI=1S/C28H36ClFN4O5/c1-4-38-27(36)11-12-31-28(37)32-14-22-13-23(29)7-10-25(22)39-18-26(35)34-16-19(2)33(15-20(34)3)17-21-5-8-24(30)9-6-21/h5-10,13,19-20H,4,11-12,14-18H2,1-3H3,(H2,31,32,37)/t19-,20+/m0/s1. The lowest BCUT2D eigenvalue weighted by Crippen LogP contribution is -2.58. The zero-order valence-electron chi connectivity index (χ0n) is 22.5. The second-order valence-corrected chi connectivity index (χ2v) is 9.94. The predicted octanol–water partition coefficient (Wildman–Crippen LogP) is 3.73. The smallest absolute Gasteiger partial charge is 0.315 e. The Morgan fingerprint density at radius 2 is 1.79 bits per heavy atom. The summed E-state index contributed by atoms with van der Waals surface area (Å²) in [7, 11) is 0. The average molecular weight is 563 g/mol. The number of piperazine rings is 1. The first kappa shape index (κ1) is 30.2. The molecular weight excluding hydrogens is 527 g/mol. The summed E-state index contributed by atoms with van der Waals surface area (Å²) in [5, 5.41) is 5.76. The number of ether oxygens (including phenoxy) is 2. The molecule has 212 valence electrons. The first-order valence-corrected chi connectivity index (χ1v) is 13.4. The molecule has 0 radical (unpaired) electrons. The number of esters is 1. The molecule has 11 heteroatoms.